The van der Waals surface area contributed by atoms with Crippen molar-refractivity contribution in [2.75, 3.05) is 31.1 Å². The third-order valence-electron chi connectivity index (χ3n) is 3.97. The molecule has 1 fully saturated rings. The first-order chi connectivity index (χ1) is 9.74. The highest BCUT2D eigenvalue weighted by molar-refractivity contribution is 6.31. The van der Waals surface area contributed by atoms with E-state index in [1.165, 1.54) is 5.69 Å². The lowest BCUT2D eigenvalue weighted by Gasteiger charge is -2.20. The van der Waals surface area contributed by atoms with Crippen LogP contribution >= 0.6 is 11.6 Å². The summed E-state index contributed by atoms with van der Waals surface area (Å²) in [5.74, 6) is 0.615. The molecule has 1 unspecified atom stereocenters. The first kappa shape index (κ1) is 15.6. The molecule has 112 valence electrons. The quantitative estimate of drug-likeness (QED) is 0.759. The molecule has 1 aliphatic heterocycles. The summed E-state index contributed by atoms with van der Waals surface area (Å²) in [5, 5.41) is 13.2. The first-order valence-electron chi connectivity index (χ1n) is 7.59. The average Bonchev–Trinajstić information content (AvgIpc) is 2.90. The van der Waals surface area contributed by atoms with Gasteiger partial charge < -0.3 is 15.3 Å². The molecule has 0 amide bonds. The predicted octanol–water partition coefficient (Wildman–Crippen LogP) is 3.05. The summed E-state index contributed by atoms with van der Waals surface area (Å²) in [6.45, 7) is 6.40. The van der Waals surface area contributed by atoms with E-state index in [4.69, 9.17) is 16.7 Å². The number of halogens is 1. The third-order valence-corrected chi connectivity index (χ3v) is 4.32. The van der Waals surface area contributed by atoms with Crippen molar-refractivity contribution in [3.05, 3.63) is 28.8 Å². The van der Waals surface area contributed by atoms with Gasteiger partial charge in [0.05, 0.1) is 0 Å². The lowest BCUT2D eigenvalue weighted by atomic mass is 10.1. The molecule has 3 nitrogen and oxygen atoms in total. The van der Waals surface area contributed by atoms with Gasteiger partial charge in [-0.15, -0.1) is 0 Å². The maximum Gasteiger partial charge on any atom is 0.0471 e. The molecular formula is C16H25ClN2O. The predicted molar refractivity (Wildman–Crippen MR) is 85.5 cm³/mol. The van der Waals surface area contributed by atoms with Crippen molar-refractivity contribution in [1.82, 2.24) is 5.32 Å². The molecule has 0 aliphatic carbocycles. The van der Waals surface area contributed by atoms with E-state index in [1.54, 1.807) is 0 Å². The van der Waals surface area contributed by atoms with Crippen LogP contribution < -0.4 is 10.2 Å². The van der Waals surface area contributed by atoms with Crippen LogP contribution in [0.3, 0.4) is 0 Å². The highest BCUT2D eigenvalue weighted by Gasteiger charge is 2.22. The number of hydrogen-bond acceptors (Lipinski definition) is 3. The van der Waals surface area contributed by atoms with Crippen LogP contribution in [0, 0.1) is 5.92 Å². The topological polar surface area (TPSA) is 35.5 Å². The number of hydrogen-bond donors (Lipinski definition) is 2. The van der Waals surface area contributed by atoms with Gasteiger partial charge >= 0.3 is 0 Å². The molecule has 0 saturated carbocycles. The number of nitrogens with zero attached hydrogens (tertiary/aromatic N) is 1. The Morgan fingerprint density at radius 2 is 2.30 bits per heavy atom. The fourth-order valence-electron chi connectivity index (χ4n) is 2.76. The van der Waals surface area contributed by atoms with Crippen molar-refractivity contribution in [1.29, 1.82) is 0 Å². The number of anilines is 1. The fourth-order valence-corrected chi connectivity index (χ4v) is 3.00. The van der Waals surface area contributed by atoms with Crippen LogP contribution in [0.15, 0.2) is 18.2 Å². The van der Waals surface area contributed by atoms with E-state index < -0.39 is 0 Å². The second kappa shape index (κ2) is 7.87. The van der Waals surface area contributed by atoms with Crippen molar-refractivity contribution in [2.45, 2.75) is 32.7 Å². The van der Waals surface area contributed by atoms with Crippen molar-refractivity contribution >= 4 is 17.3 Å². The molecule has 2 N–H and O–H groups in total. The van der Waals surface area contributed by atoms with Gasteiger partial charge in [-0.3, -0.25) is 0 Å². The number of aliphatic hydroxyl groups is 1. The molecule has 1 saturated heterocycles. The van der Waals surface area contributed by atoms with E-state index in [-0.39, 0.29) is 0 Å². The van der Waals surface area contributed by atoms with E-state index in [2.05, 4.69) is 35.3 Å². The normalized spacial score (nSPS) is 18.8. The number of aliphatic hydroxyl groups excluding tert-OH is 1. The summed E-state index contributed by atoms with van der Waals surface area (Å²) in [5.41, 5.74) is 2.37. The third kappa shape index (κ3) is 4.11. The van der Waals surface area contributed by atoms with Crippen molar-refractivity contribution in [3.8, 4) is 0 Å². The first-order valence-corrected chi connectivity index (χ1v) is 7.97. The Balaban J connectivity index is 1.95. The van der Waals surface area contributed by atoms with Gasteiger partial charge in [0.2, 0.25) is 0 Å². The largest absolute Gasteiger partial charge is 0.396 e. The molecule has 0 spiro atoms. The van der Waals surface area contributed by atoms with Gasteiger partial charge in [-0.2, -0.15) is 0 Å². The van der Waals surface area contributed by atoms with Crippen molar-refractivity contribution in [2.24, 2.45) is 5.92 Å². The minimum Gasteiger partial charge on any atom is -0.396 e. The Hall–Kier alpha value is -0.770. The summed E-state index contributed by atoms with van der Waals surface area (Å²) in [7, 11) is 0. The molecule has 4 heteroatoms. The molecule has 1 aromatic rings. The molecule has 0 radical (unpaired) electrons. The van der Waals surface area contributed by atoms with Gasteiger partial charge in [0.1, 0.15) is 0 Å². The van der Waals surface area contributed by atoms with Crippen LogP contribution in [0.5, 0.6) is 0 Å². The zero-order chi connectivity index (χ0) is 14.4. The Bertz CT molecular complexity index is 425. The summed E-state index contributed by atoms with van der Waals surface area (Å²) >= 11 is 6.38. The van der Waals surface area contributed by atoms with Gasteiger partial charge in [0.25, 0.3) is 0 Å². The van der Waals surface area contributed by atoms with Gasteiger partial charge in [-0.05, 0) is 49.4 Å². The second-order valence-corrected chi connectivity index (χ2v) is 5.97. The maximum absolute atomic E-state index is 9.02. The minimum absolute atomic E-state index is 0.293. The molecule has 1 aromatic carbocycles. The molecule has 2 rings (SSSR count). The fraction of sp³-hybridized carbons (Fsp3) is 0.625. The SMILES string of the molecule is CCCNCc1ccc(N2CCC(CCO)C2)cc1Cl. The monoisotopic (exact) mass is 296 g/mol. The Kier molecular flexibility index (Phi) is 6.14. The van der Waals surface area contributed by atoms with Gasteiger partial charge in [-0.25, -0.2) is 0 Å². The van der Waals surface area contributed by atoms with Crippen LogP contribution in [-0.4, -0.2) is 31.3 Å². The standard InChI is InChI=1S/C16H25ClN2O/c1-2-7-18-11-14-3-4-15(10-16(14)17)19-8-5-13(12-19)6-9-20/h3-4,10,13,18,20H,2,5-9,11-12H2,1H3. The molecule has 1 heterocycles. The molecule has 0 aromatic heterocycles. The summed E-state index contributed by atoms with van der Waals surface area (Å²) in [6.07, 6.45) is 3.21. The Morgan fingerprint density at radius 3 is 3.00 bits per heavy atom. The van der Waals surface area contributed by atoms with E-state index in [0.717, 1.165) is 56.0 Å². The van der Waals surface area contributed by atoms with Gasteiger partial charge in [-0.1, -0.05) is 24.6 Å². The van der Waals surface area contributed by atoms with Crippen molar-refractivity contribution < 1.29 is 5.11 Å². The molecule has 1 aliphatic rings. The van der Waals surface area contributed by atoms with E-state index in [9.17, 15) is 0 Å². The van der Waals surface area contributed by atoms with Gasteiger partial charge in [0, 0.05) is 37.0 Å². The zero-order valence-electron chi connectivity index (χ0n) is 12.2. The van der Waals surface area contributed by atoms with Gasteiger partial charge in [0.15, 0.2) is 0 Å². The van der Waals surface area contributed by atoms with Crippen molar-refractivity contribution in [3.63, 3.8) is 0 Å². The second-order valence-electron chi connectivity index (χ2n) is 5.57. The Morgan fingerprint density at radius 1 is 1.45 bits per heavy atom. The lowest BCUT2D eigenvalue weighted by Crippen LogP contribution is -2.20. The van der Waals surface area contributed by atoms with Crippen LogP contribution in [0.1, 0.15) is 31.7 Å². The molecule has 1 atom stereocenters. The zero-order valence-corrected chi connectivity index (χ0v) is 13.0. The van der Waals surface area contributed by atoms with E-state index in [1.807, 2.05) is 0 Å². The number of nitrogens with one attached hydrogen (secondary N) is 1. The van der Waals surface area contributed by atoms with Crippen LogP contribution in [0.4, 0.5) is 5.69 Å². The highest BCUT2D eigenvalue weighted by atomic mass is 35.5. The summed E-state index contributed by atoms with van der Waals surface area (Å²) in [4.78, 5) is 2.37. The summed E-state index contributed by atoms with van der Waals surface area (Å²) < 4.78 is 0. The minimum atomic E-state index is 0.293. The number of rotatable bonds is 7. The van der Waals surface area contributed by atoms with Crippen LogP contribution in [0.25, 0.3) is 0 Å². The summed E-state index contributed by atoms with van der Waals surface area (Å²) in [6, 6.07) is 6.36. The Labute approximate surface area is 126 Å². The maximum atomic E-state index is 9.02. The number of benzene rings is 1. The smallest absolute Gasteiger partial charge is 0.0471 e. The highest BCUT2D eigenvalue weighted by Crippen LogP contribution is 2.29. The average molecular weight is 297 g/mol. The van der Waals surface area contributed by atoms with Crippen LogP contribution in [-0.2, 0) is 6.54 Å². The van der Waals surface area contributed by atoms with E-state index in [0.29, 0.717) is 12.5 Å². The molecule has 20 heavy (non-hydrogen) atoms. The molecular weight excluding hydrogens is 272 g/mol. The molecule has 0 bridgehead atoms. The van der Waals surface area contributed by atoms with E-state index >= 15 is 0 Å². The van der Waals surface area contributed by atoms with Crippen LogP contribution in [0.2, 0.25) is 5.02 Å². The lowest BCUT2D eigenvalue weighted by molar-refractivity contribution is 0.263.